The summed E-state index contributed by atoms with van der Waals surface area (Å²) in [5.41, 5.74) is 2.85. The van der Waals surface area contributed by atoms with Crippen molar-refractivity contribution in [2.24, 2.45) is 7.05 Å². The van der Waals surface area contributed by atoms with Crippen LogP contribution >= 0.6 is 0 Å². The zero-order chi connectivity index (χ0) is 12.5. The third kappa shape index (κ3) is 2.45. The molecule has 0 amide bonds. The minimum absolute atomic E-state index is 0.523. The number of hydrogen-bond acceptors (Lipinski definition) is 3. The van der Waals surface area contributed by atoms with Crippen LogP contribution in [0.4, 0.5) is 0 Å². The molecule has 4 nitrogen and oxygen atoms in total. The van der Waals surface area contributed by atoms with Gasteiger partial charge in [0.2, 0.25) is 0 Å². The topological polar surface area (TPSA) is 33.1 Å². The summed E-state index contributed by atoms with van der Waals surface area (Å²) < 4.78 is 2.04. The molecule has 0 saturated heterocycles. The first-order valence-electron chi connectivity index (χ1n) is 7.20. The fourth-order valence-electron chi connectivity index (χ4n) is 3.03. The molecule has 1 aromatic heterocycles. The van der Waals surface area contributed by atoms with E-state index in [1.807, 2.05) is 4.68 Å². The standard InChI is InChI=1S/C14H24N4/c1-17(11-6-7-11)9-8-15-13-4-3-5-14-12(13)10-16-18(14)2/h10-11,13,15H,3-9H2,1-2H3. The summed E-state index contributed by atoms with van der Waals surface area (Å²) in [5.74, 6) is 0. The molecule has 2 aliphatic carbocycles. The molecule has 2 aliphatic rings. The molecule has 0 aliphatic heterocycles. The second kappa shape index (κ2) is 5.02. The van der Waals surface area contributed by atoms with Crippen LogP contribution < -0.4 is 5.32 Å². The Morgan fingerprint density at radius 2 is 2.28 bits per heavy atom. The number of aryl methyl sites for hydroxylation is 1. The number of fused-ring (bicyclic) bond motifs is 1. The van der Waals surface area contributed by atoms with Crippen molar-refractivity contribution < 1.29 is 0 Å². The van der Waals surface area contributed by atoms with Gasteiger partial charge in [0.15, 0.2) is 0 Å². The van der Waals surface area contributed by atoms with Crippen molar-refractivity contribution in [3.05, 3.63) is 17.5 Å². The first-order valence-corrected chi connectivity index (χ1v) is 7.20. The Hall–Kier alpha value is -0.870. The number of nitrogens with zero attached hydrogens (tertiary/aromatic N) is 3. The van der Waals surface area contributed by atoms with Crippen LogP contribution in [0.2, 0.25) is 0 Å². The van der Waals surface area contributed by atoms with Crippen molar-refractivity contribution >= 4 is 0 Å². The predicted octanol–water partition coefficient (Wildman–Crippen LogP) is 1.48. The maximum absolute atomic E-state index is 4.40. The van der Waals surface area contributed by atoms with Gasteiger partial charge < -0.3 is 10.2 Å². The average molecular weight is 248 g/mol. The highest BCUT2D eigenvalue weighted by Gasteiger charge is 2.26. The molecule has 1 aromatic rings. The Balaban J connectivity index is 1.53. The molecule has 1 heterocycles. The monoisotopic (exact) mass is 248 g/mol. The molecule has 1 N–H and O–H groups in total. The quantitative estimate of drug-likeness (QED) is 0.857. The lowest BCUT2D eigenvalue weighted by atomic mass is 9.93. The summed E-state index contributed by atoms with van der Waals surface area (Å²) in [5, 5.41) is 8.11. The van der Waals surface area contributed by atoms with Gasteiger partial charge in [0.1, 0.15) is 0 Å². The highest BCUT2D eigenvalue weighted by molar-refractivity contribution is 5.24. The summed E-state index contributed by atoms with van der Waals surface area (Å²) >= 11 is 0. The second-order valence-electron chi connectivity index (χ2n) is 5.78. The molecule has 18 heavy (non-hydrogen) atoms. The maximum Gasteiger partial charge on any atom is 0.0540 e. The van der Waals surface area contributed by atoms with Crippen molar-refractivity contribution in [2.75, 3.05) is 20.1 Å². The first kappa shape index (κ1) is 12.2. The summed E-state index contributed by atoms with van der Waals surface area (Å²) in [6.07, 6.45) is 8.57. The Labute approximate surface area is 109 Å². The SMILES string of the molecule is CN(CCNC1CCCc2c1cnn2C)C1CC1. The fourth-order valence-corrected chi connectivity index (χ4v) is 3.03. The first-order chi connectivity index (χ1) is 8.75. The van der Waals surface area contributed by atoms with E-state index in [0.29, 0.717) is 6.04 Å². The van der Waals surface area contributed by atoms with Crippen LogP contribution in [-0.4, -0.2) is 40.9 Å². The summed E-state index contributed by atoms with van der Waals surface area (Å²) in [4.78, 5) is 2.49. The molecular formula is C14H24N4. The van der Waals surface area contributed by atoms with Crippen molar-refractivity contribution in [1.29, 1.82) is 0 Å². The molecule has 1 fully saturated rings. The Morgan fingerprint density at radius 3 is 3.06 bits per heavy atom. The van der Waals surface area contributed by atoms with Gasteiger partial charge in [0.05, 0.1) is 6.20 Å². The van der Waals surface area contributed by atoms with Crippen LogP contribution in [0.5, 0.6) is 0 Å². The molecular weight excluding hydrogens is 224 g/mol. The second-order valence-corrected chi connectivity index (χ2v) is 5.78. The average Bonchev–Trinajstić information content (AvgIpc) is 3.15. The van der Waals surface area contributed by atoms with Gasteiger partial charge in [-0.3, -0.25) is 4.68 Å². The Bertz CT molecular complexity index is 408. The van der Waals surface area contributed by atoms with E-state index in [0.717, 1.165) is 19.1 Å². The number of aromatic nitrogens is 2. The molecule has 1 saturated carbocycles. The van der Waals surface area contributed by atoms with E-state index in [1.165, 1.54) is 43.4 Å². The third-order valence-electron chi connectivity index (χ3n) is 4.40. The van der Waals surface area contributed by atoms with Gasteiger partial charge in [-0.2, -0.15) is 5.10 Å². The molecule has 1 unspecified atom stereocenters. The van der Waals surface area contributed by atoms with Crippen LogP contribution in [0.25, 0.3) is 0 Å². The van der Waals surface area contributed by atoms with Gasteiger partial charge in [-0.25, -0.2) is 0 Å². The molecule has 0 radical (unpaired) electrons. The lowest BCUT2D eigenvalue weighted by Crippen LogP contribution is -2.34. The molecule has 1 atom stereocenters. The van der Waals surface area contributed by atoms with E-state index in [4.69, 9.17) is 0 Å². The Kier molecular flexibility index (Phi) is 3.39. The van der Waals surface area contributed by atoms with Gasteiger partial charge in [-0.05, 0) is 39.2 Å². The van der Waals surface area contributed by atoms with Gasteiger partial charge in [0.25, 0.3) is 0 Å². The van der Waals surface area contributed by atoms with Crippen molar-refractivity contribution in [1.82, 2.24) is 20.0 Å². The molecule has 100 valence electrons. The lowest BCUT2D eigenvalue weighted by Gasteiger charge is -2.25. The lowest BCUT2D eigenvalue weighted by molar-refractivity contribution is 0.310. The zero-order valence-corrected chi connectivity index (χ0v) is 11.5. The van der Waals surface area contributed by atoms with Crippen LogP contribution in [0.3, 0.4) is 0 Å². The molecule has 4 heteroatoms. The van der Waals surface area contributed by atoms with Crippen LogP contribution in [0.15, 0.2) is 6.20 Å². The van der Waals surface area contributed by atoms with Gasteiger partial charge in [-0.15, -0.1) is 0 Å². The predicted molar refractivity (Wildman–Crippen MR) is 72.5 cm³/mol. The normalized spacial score (nSPS) is 23.4. The number of nitrogens with one attached hydrogen (secondary N) is 1. The fraction of sp³-hybridized carbons (Fsp3) is 0.786. The van der Waals surface area contributed by atoms with Crippen molar-refractivity contribution in [2.45, 2.75) is 44.2 Å². The van der Waals surface area contributed by atoms with Crippen LogP contribution in [0, 0.1) is 0 Å². The zero-order valence-electron chi connectivity index (χ0n) is 11.5. The van der Waals surface area contributed by atoms with E-state index in [9.17, 15) is 0 Å². The van der Waals surface area contributed by atoms with Gasteiger partial charge >= 0.3 is 0 Å². The van der Waals surface area contributed by atoms with Crippen LogP contribution in [0.1, 0.15) is 43.0 Å². The van der Waals surface area contributed by atoms with Crippen molar-refractivity contribution in [3.63, 3.8) is 0 Å². The molecule has 0 bridgehead atoms. The summed E-state index contributed by atoms with van der Waals surface area (Å²) in [6.45, 7) is 2.25. The minimum atomic E-state index is 0.523. The smallest absolute Gasteiger partial charge is 0.0540 e. The summed E-state index contributed by atoms with van der Waals surface area (Å²) in [6, 6.07) is 1.39. The molecule has 0 aromatic carbocycles. The van der Waals surface area contributed by atoms with E-state index in [1.54, 1.807) is 0 Å². The minimum Gasteiger partial charge on any atom is -0.309 e. The van der Waals surface area contributed by atoms with E-state index in [2.05, 4.69) is 35.6 Å². The highest BCUT2D eigenvalue weighted by atomic mass is 15.3. The van der Waals surface area contributed by atoms with E-state index in [-0.39, 0.29) is 0 Å². The van der Waals surface area contributed by atoms with Crippen LogP contribution in [-0.2, 0) is 13.5 Å². The molecule has 0 spiro atoms. The third-order valence-corrected chi connectivity index (χ3v) is 4.40. The van der Waals surface area contributed by atoms with Crippen molar-refractivity contribution in [3.8, 4) is 0 Å². The number of hydrogen-bond donors (Lipinski definition) is 1. The summed E-state index contributed by atoms with van der Waals surface area (Å²) in [7, 11) is 4.30. The molecule has 3 rings (SSSR count). The number of rotatable bonds is 5. The van der Waals surface area contributed by atoms with Gasteiger partial charge in [-0.1, -0.05) is 0 Å². The number of likely N-dealkylation sites (N-methyl/N-ethyl adjacent to an activating group) is 1. The largest absolute Gasteiger partial charge is 0.309 e. The maximum atomic E-state index is 4.40. The van der Waals surface area contributed by atoms with E-state index >= 15 is 0 Å². The van der Waals surface area contributed by atoms with E-state index < -0.39 is 0 Å². The highest BCUT2D eigenvalue weighted by Crippen LogP contribution is 2.29. The Morgan fingerprint density at radius 1 is 1.44 bits per heavy atom. The van der Waals surface area contributed by atoms with Gasteiger partial charge in [0, 0.05) is 43.5 Å².